The molecule has 1 aromatic rings. The molecule has 0 spiro atoms. The third-order valence-corrected chi connectivity index (χ3v) is 5.93. The minimum absolute atomic E-state index is 0.269. The first-order valence-corrected chi connectivity index (χ1v) is 8.44. The molecule has 0 amide bonds. The van der Waals surface area contributed by atoms with E-state index in [2.05, 4.69) is 61.2 Å². The molecule has 3 heteroatoms. The molecule has 0 radical (unpaired) electrons. The molecule has 1 aromatic carbocycles. The summed E-state index contributed by atoms with van der Waals surface area (Å²) in [7, 11) is 0. The van der Waals surface area contributed by atoms with Crippen molar-refractivity contribution in [2.75, 3.05) is 0 Å². The van der Waals surface area contributed by atoms with E-state index in [0.717, 1.165) is 11.8 Å². The number of aryl methyl sites for hydroxylation is 2. The maximum atomic E-state index is 5.90. The first-order valence-electron chi connectivity index (χ1n) is 7.65. The lowest BCUT2D eigenvalue weighted by Crippen LogP contribution is -2.37. The Labute approximate surface area is 131 Å². The summed E-state index contributed by atoms with van der Waals surface area (Å²) in [6.07, 6.45) is 3.90. The van der Waals surface area contributed by atoms with Crippen molar-refractivity contribution >= 4 is 15.9 Å². The fourth-order valence-electron chi connectivity index (χ4n) is 3.94. The average Bonchev–Trinajstić information content (AvgIpc) is 2.35. The molecular weight excluding hydrogens is 312 g/mol. The van der Waals surface area contributed by atoms with Gasteiger partial charge in [-0.2, -0.15) is 0 Å². The Balaban J connectivity index is 2.28. The quantitative estimate of drug-likeness (QED) is 0.622. The van der Waals surface area contributed by atoms with Gasteiger partial charge in [0.05, 0.1) is 0 Å². The van der Waals surface area contributed by atoms with E-state index < -0.39 is 0 Å². The highest BCUT2D eigenvalue weighted by atomic mass is 79.9. The summed E-state index contributed by atoms with van der Waals surface area (Å²) in [5, 5.41) is 0. The van der Waals surface area contributed by atoms with Gasteiger partial charge in [0.1, 0.15) is 0 Å². The fraction of sp³-hybridized carbons (Fsp3) is 0.647. The van der Waals surface area contributed by atoms with E-state index in [-0.39, 0.29) is 6.04 Å². The highest BCUT2D eigenvalue weighted by Crippen LogP contribution is 2.40. The van der Waals surface area contributed by atoms with Gasteiger partial charge < -0.3 is 0 Å². The lowest BCUT2D eigenvalue weighted by atomic mass is 9.72. The summed E-state index contributed by atoms with van der Waals surface area (Å²) in [5.74, 6) is 8.15. The molecule has 1 aliphatic carbocycles. The van der Waals surface area contributed by atoms with Crippen molar-refractivity contribution in [2.45, 2.75) is 53.0 Å². The second-order valence-corrected chi connectivity index (χ2v) is 7.58. The first kappa shape index (κ1) is 16.0. The molecule has 3 unspecified atom stereocenters. The van der Waals surface area contributed by atoms with Gasteiger partial charge in [0.25, 0.3) is 0 Å². The number of benzene rings is 1. The highest BCUT2D eigenvalue weighted by molar-refractivity contribution is 9.10. The van der Waals surface area contributed by atoms with Gasteiger partial charge >= 0.3 is 0 Å². The summed E-state index contributed by atoms with van der Waals surface area (Å²) in [6, 6.07) is 4.81. The van der Waals surface area contributed by atoms with Crippen molar-refractivity contribution in [3.8, 4) is 0 Å². The van der Waals surface area contributed by atoms with Crippen LogP contribution in [0.25, 0.3) is 0 Å². The van der Waals surface area contributed by atoms with E-state index in [0.29, 0.717) is 5.92 Å². The summed E-state index contributed by atoms with van der Waals surface area (Å²) in [5.41, 5.74) is 7.00. The van der Waals surface area contributed by atoms with E-state index >= 15 is 0 Å². The van der Waals surface area contributed by atoms with Crippen LogP contribution in [0.15, 0.2) is 16.6 Å². The van der Waals surface area contributed by atoms with Gasteiger partial charge in [-0.05, 0) is 67.6 Å². The maximum absolute atomic E-state index is 5.90. The van der Waals surface area contributed by atoms with Crippen molar-refractivity contribution in [3.05, 3.63) is 33.3 Å². The van der Waals surface area contributed by atoms with Crippen LogP contribution >= 0.6 is 15.9 Å². The molecule has 0 bridgehead atoms. The van der Waals surface area contributed by atoms with Gasteiger partial charge in [-0.1, -0.05) is 41.9 Å². The smallest absolute Gasteiger partial charge is 0.0488 e. The lowest BCUT2D eigenvalue weighted by Gasteiger charge is -2.36. The zero-order valence-corrected chi connectivity index (χ0v) is 14.6. The fourth-order valence-corrected chi connectivity index (χ4v) is 4.17. The largest absolute Gasteiger partial charge is 0.271 e. The van der Waals surface area contributed by atoms with E-state index in [9.17, 15) is 0 Å². The monoisotopic (exact) mass is 338 g/mol. The minimum Gasteiger partial charge on any atom is -0.271 e. The van der Waals surface area contributed by atoms with Crippen LogP contribution in [-0.2, 0) is 0 Å². The number of hydrazine groups is 1. The lowest BCUT2D eigenvalue weighted by molar-refractivity contribution is 0.177. The van der Waals surface area contributed by atoms with Crippen LogP contribution in [-0.4, -0.2) is 0 Å². The van der Waals surface area contributed by atoms with Crippen LogP contribution in [0.4, 0.5) is 0 Å². The van der Waals surface area contributed by atoms with Crippen LogP contribution in [0.5, 0.6) is 0 Å². The summed E-state index contributed by atoms with van der Waals surface area (Å²) < 4.78 is 1.21. The van der Waals surface area contributed by atoms with Gasteiger partial charge in [-0.25, -0.2) is 0 Å². The zero-order chi connectivity index (χ0) is 14.9. The topological polar surface area (TPSA) is 38.0 Å². The molecule has 0 aromatic heterocycles. The third-order valence-electron chi connectivity index (χ3n) is 4.68. The Hall–Kier alpha value is -0.380. The highest BCUT2D eigenvalue weighted by Gasteiger charge is 2.30. The molecule has 20 heavy (non-hydrogen) atoms. The van der Waals surface area contributed by atoms with Gasteiger partial charge in [0, 0.05) is 10.5 Å². The van der Waals surface area contributed by atoms with Crippen LogP contribution in [0.2, 0.25) is 0 Å². The second kappa shape index (κ2) is 6.59. The number of hydrogen-bond acceptors (Lipinski definition) is 2. The number of nitrogens with one attached hydrogen (secondary N) is 1. The number of rotatable bonds is 3. The predicted molar refractivity (Wildman–Crippen MR) is 89.3 cm³/mol. The Morgan fingerprint density at radius 1 is 1.10 bits per heavy atom. The average molecular weight is 339 g/mol. The molecule has 0 aliphatic heterocycles. The van der Waals surface area contributed by atoms with E-state index in [1.165, 1.54) is 40.4 Å². The van der Waals surface area contributed by atoms with Gasteiger partial charge in [0.2, 0.25) is 0 Å². The molecule has 2 rings (SSSR count). The molecule has 1 aliphatic rings. The molecule has 1 saturated carbocycles. The molecule has 0 saturated heterocycles. The normalized spacial score (nSPS) is 28.4. The third kappa shape index (κ3) is 3.44. The Morgan fingerprint density at radius 3 is 2.05 bits per heavy atom. The minimum atomic E-state index is 0.269. The molecule has 0 heterocycles. The molecule has 2 nitrogen and oxygen atoms in total. The van der Waals surface area contributed by atoms with Crippen molar-refractivity contribution in [3.63, 3.8) is 0 Å². The maximum Gasteiger partial charge on any atom is 0.0488 e. The SMILES string of the molecule is Cc1cc(C(NN)C2CC(C)CC(C)C2)cc(C)c1Br. The van der Waals surface area contributed by atoms with Crippen molar-refractivity contribution in [1.82, 2.24) is 5.43 Å². The Bertz CT molecular complexity index is 439. The van der Waals surface area contributed by atoms with Crippen LogP contribution in [0.1, 0.15) is 55.8 Å². The van der Waals surface area contributed by atoms with Gasteiger partial charge in [-0.15, -0.1) is 0 Å². The standard InChI is InChI=1S/C17H27BrN2/c1-10-5-11(2)7-14(6-10)17(20-19)15-8-12(3)16(18)13(4)9-15/h8-11,14,17,20H,5-7,19H2,1-4H3. The molecule has 1 fully saturated rings. The second-order valence-electron chi connectivity index (χ2n) is 6.79. The molecular formula is C17H27BrN2. The number of hydrogen-bond donors (Lipinski definition) is 2. The van der Waals surface area contributed by atoms with Crippen LogP contribution in [0, 0.1) is 31.6 Å². The van der Waals surface area contributed by atoms with E-state index in [1.807, 2.05) is 0 Å². The Morgan fingerprint density at radius 2 is 1.60 bits per heavy atom. The Kier molecular flexibility index (Phi) is 5.27. The van der Waals surface area contributed by atoms with Crippen LogP contribution < -0.4 is 11.3 Å². The van der Waals surface area contributed by atoms with Gasteiger partial charge in [-0.3, -0.25) is 11.3 Å². The van der Waals surface area contributed by atoms with E-state index in [4.69, 9.17) is 5.84 Å². The predicted octanol–water partition coefficient (Wildman–Crippen LogP) is 4.64. The zero-order valence-electron chi connectivity index (χ0n) is 13.0. The molecule has 112 valence electrons. The van der Waals surface area contributed by atoms with Crippen molar-refractivity contribution in [1.29, 1.82) is 0 Å². The summed E-state index contributed by atoms with van der Waals surface area (Å²) in [6.45, 7) is 9.04. The van der Waals surface area contributed by atoms with Crippen LogP contribution in [0.3, 0.4) is 0 Å². The van der Waals surface area contributed by atoms with E-state index in [1.54, 1.807) is 0 Å². The summed E-state index contributed by atoms with van der Waals surface area (Å²) in [4.78, 5) is 0. The van der Waals surface area contributed by atoms with Crippen molar-refractivity contribution < 1.29 is 0 Å². The first-order chi connectivity index (χ1) is 9.42. The summed E-state index contributed by atoms with van der Waals surface area (Å²) >= 11 is 3.65. The number of nitrogens with two attached hydrogens (primary N) is 1. The van der Waals surface area contributed by atoms with Gasteiger partial charge in [0.15, 0.2) is 0 Å². The number of halogens is 1. The van der Waals surface area contributed by atoms with Crippen molar-refractivity contribution in [2.24, 2.45) is 23.6 Å². The molecule has 3 atom stereocenters. The molecule has 3 N–H and O–H groups in total.